The lowest BCUT2D eigenvalue weighted by Gasteiger charge is -2.17. The number of halogens is 3. The number of hydrogen-bond acceptors (Lipinski definition) is 2. The minimum Gasteiger partial charge on any atom is -0.591 e. The molecule has 0 N–H and O–H groups in total. The Morgan fingerprint density at radius 3 is 2.47 bits per heavy atom. The van der Waals surface area contributed by atoms with Crippen molar-refractivity contribution >= 4 is 33.5 Å². The number of benzene rings is 1. The van der Waals surface area contributed by atoms with Crippen molar-refractivity contribution in [2.75, 3.05) is 0 Å². The van der Waals surface area contributed by atoms with E-state index in [4.69, 9.17) is 0 Å². The van der Waals surface area contributed by atoms with Gasteiger partial charge in [-0.25, -0.2) is 8.78 Å². The van der Waals surface area contributed by atoms with Crippen LogP contribution in [-0.2, 0) is 11.4 Å². The van der Waals surface area contributed by atoms with E-state index in [9.17, 15) is 13.3 Å². The lowest BCUT2D eigenvalue weighted by atomic mass is 10.2. The van der Waals surface area contributed by atoms with Gasteiger partial charge in [-0.3, -0.25) is 0 Å². The van der Waals surface area contributed by atoms with E-state index in [2.05, 4.69) is 20.3 Å². The van der Waals surface area contributed by atoms with E-state index in [-0.39, 0.29) is 10.0 Å². The smallest absolute Gasteiger partial charge is 0.146 e. The molecule has 1 rings (SSSR count). The van der Waals surface area contributed by atoms with Gasteiger partial charge in [0.25, 0.3) is 0 Å². The molecule has 0 saturated carbocycles. The molecular weight excluding hydrogens is 312 g/mol. The molecule has 6 heteroatoms. The highest BCUT2D eigenvalue weighted by Crippen LogP contribution is 2.21. The monoisotopic (exact) mass is 323 g/mol. The molecule has 0 bridgehead atoms. The molecule has 94 valence electrons. The van der Waals surface area contributed by atoms with Gasteiger partial charge in [0.2, 0.25) is 0 Å². The second-order valence-corrected chi connectivity index (χ2v) is 7.18. The first-order valence-corrected chi connectivity index (χ1v) is 6.72. The van der Waals surface area contributed by atoms with Crippen LogP contribution in [0, 0.1) is 11.6 Å². The van der Waals surface area contributed by atoms with Crippen LogP contribution in [0.25, 0.3) is 0 Å². The SMILES string of the molecule is CC(C)(C)[S@+]([O-])N=Cc1cc(F)cc(Br)c1F. The van der Waals surface area contributed by atoms with Gasteiger partial charge in [-0.1, -0.05) is 4.40 Å². The van der Waals surface area contributed by atoms with Crippen molar-refractivity contribution < 1.29 is 13.3 Å². The first kappa shape index (κ1) is 14.6. The Kier molecular flexibility index (Phi) is 4.69. The Morgan fingerprint density at radius 2 is 1.94 bits per heavy atom. The Morgan fingerprint density at radius 1 is 1.35 bits per heavy atom. The molecule has 0 amide bonds. The van der Waals surface area contributed by atoms with Gasteiger partial charge in [0.05, 0.1) is 10.7 Å². The number of hydrogen-bond donors (Lipinski definition) is 0. The summed E-state index contributed by atoms with van der Waals surface area (Å²) in [6.45, 7) is 5.24. The fourth-order valence-electron chi connectivity index (χ4n) is 0.933. The van der Waals surface area contributed by atoms with Crippen LogP contribution < -0.4 is 0 Å². The predicted molar refractivity (Wildman–Crippen MR) is 69.5 cm³/mol. The van der Waals surface area contributed by atoms with Crippen molar-refractivity contribution in [1.29, 1.82) is 0 Å². The van der Waals surface area contributed by atoms with Gasteiger partial charge in [0, 0.05) is 5.56 Å². The van der Waals surface area contributed by atoms with Crippen molar-refractivity contribution in [3.63, 3.8) is 0 Å². The molecular formula is C11H12BrF2NOS. The van der Waals surface area contributed by atoms with Crippen LogP contribution in [0.3, 0.4) is 0 Å². The number of nitrogens with zero attached hydrogens (tertiary/aromatic N) is 1. The third kappa shape index (κ3) is 4.04. The van der Waals surface area contributed by atoms with Gasteiger partial charge in [-0.2, -0.15) is 0 Å². The summed E-state index contributed by atoms with van der Waals surface area (Å²) >= 11 is 1.40. The number of rotatable bonds is 2. The Bertz CT molecular complexity index is 446. The molecule has 1 aromatic rings. The van der Waals surface area contributed by atoms with Crippen molar-refractivity contribution in [3.05, 3.63) is 33.8 Å². The second-order valence-electron chi connectivity index (χ2n) is 4.39. The molecule has 0 fully saturated rings. The molecule has 1 aromatic carbocycles. The summed E-state index contributed by atoms with van der Waals surface area (Å²) in [6, 6.07) is 2.02. The van der Waals surface area contributed by atoms with E-state index < -0.39 is 27.7 Å². The summed E-state index contributed by atoms with van der Waals surface area (Å²) in [7, 11) is 0. The van der Waals surface area contributed by atoms with Crippen LogP contribution in [0.15, 0.2) is 21.0 Å². The molecule has 2 nitrogen and oxygen atoms in total. The molecule has 0 unspecified atom stereocenters. The molecule has 0 aliphatic carbocycles. The lowest BCUT2D eigenvalue weighted by Crippen LogP contribution is -2.25. The molecule has 0 saturated heterocycles. The molecule has 17 heavy (non-hydrogen) atoms. The molecule has 0 aliphatic heterocycles. The Labute approximate surface area is 111 Å². The zero-order valence-corrected chi connectivity index (χ0v) is 12.0. The first-order valence-electron chi connectivity index (χ1n) is 4.82. The molecule has 0 spiro atoms. The topological polar surface area (TPSA) is 35.4 Å². The normalized spacial score (nSPS) is 14.3. The van der Waals surface area contributed by atoms with Crippen LogP contribution in [0.2, 0.25) is 0 Å². The average molecular weight is 324 g/mol. The van der Waals surface area contributed by atoms with Crippen molar-refractivity contribution in [2.24, 2.45) is 4.40 Å². The van der Waals surface area contributed by atoms with Gasteiger partial charge >= 0.3 is 0 Å². The standard InChI is InChI=1S/C11H12BrF2NOS/c1-11(2,3)17(16)15-6-7-4-8(13)5-9(12)10(7)14/h4-6H,1-3H3/t17-/m0/s1. The molecule has 1 atom stereocenters. The lowest BCUT2D eigenvalue weighted by molar-refractivity contribution is 0.561. The first-order chi connectivity index (χ1) is 7.71. The third-order valence-corrected chi connectivity index (χ3v) is 3.75. The van der Waals surface area contributed by atoms with Crippen molar-refractivity contribution in [3.8, 4) is 0 Å². The molecule has 0 heterocycles. The average Bonchev–Trinajstić information content (AvgIpc) is 2.19. The largest absolute Gasteiger partial charge is 0.591 e. The minimum absolute atomic E-state index is 0.0143. The zero-order chi connectivity index (χ0) is 13.2. The summed E-state index contributed by atoms with van der Waals surface area (Å²) in [5.41, 5.74) is -0.0329. The maximum Gasteiger partial charge on any atom is 0.146 e. The van der Waals surface area contributed by atoms with E-state index in [0.717, 1.165) is 18.3 Å². The van der Waals surface area contributed by atoms with E-state index in [1.807, 2.05) is 0 Å². The van der Waals surface area contributed by atoms with Gasteiger partial charge in [0.15, 0.2) is 0 Å². The molecule has 0 aromatic heterocycles. The van der Waals surface area contributed by atoms with Crippen LogP contribution in [0.5, 0.6) is 0 Å². The van der Waals surface area contributed by atoms with Crippen molar-refractivity contribution in [1.82, 2.24) is 0 Å². The Balaban J connectivity index is 3.00. The summed E-state index contributed by atoms with van der Waals surface area (Å²) < 4.78 is 41.4. The molecule has 0 aliphatic rings. The van der Waals surface area contributed by atoms with Gasteiger partial charge in [-0.05, 0) is 48.8 Å². The highest BCUT2D eigenvalue weighted by atomic mass is 79.9. The van der Waals surface area contributed by atoms with Crippen LogP contribution in [0.1, 0.15) is 26.3 Å². The minimum atomic E-state index is -1.49. The van der Waals surface area contributed by atoms with Crippen LogP contribution in [0.4, 0.5) is 8.78 Å². The van der Waals surface area contributed by atoms with Gasteiger partial charge in [0.1, 0.15) is 27.7 Å². The second kappa shape index (κ2) is 5.46. The van der Waals surface area contributed by atoms with Crippen LogP contribution >= 0.6 is 15.9 Å². The van der Waals surface area contributed by atoms with E-state index in [1.165, 1.54) is 0 Å². The maximum absolute atomic E-state index is 13.5. The molecule has 0 radical (unpaired) electrons. The summed E-state index contributed by atoms with van der Waals surface area (Å²) in [5.74, 6) is -1.21. The quantitative estimate of drug-likeness (QED) is 0.465. The maximum atomic E-state index is 13.5. The highest BCUT2D eigenvalue weighted by molar-refractivity contribution is 9.10. The van der Waals surface area contributed by atoms with Gasteiger partial charge in [-0.15, -0.1) is 0 Å². The van der Waals surface area contributed by atoms with E-state index in [0.29, 0.717) is 0 Å². The summed E-state index contributed by atoms with van der Waals surface area (Å²) in [4.78, 5) is 0. The Hall–Kier alpha value is -0.460. The summed E-state index contributed by atoms with van der Waals surface area (Å²) in [5, 5.41) is 0. The fraction of sp³-hybridized carbons (Fsp3) is 0.364. The highest BCUT2D eigenvalue weighted by Gasteiger charge is 2.26. The zero-order valence-electron chi connectivity index (χ0n) is 9.63. The van der Waals surface area contributed by atoms with E-state index >= 15 is 0 Å². The van der Waals surface area contributed by atoms with Gasteiger partial charge < -0.3 is 4.55 Å². The predicted octanol–water partition coefficient (Wildman–Crippen LogP) is 3.61. The fourth-order valence-corrected chi connectivity index (χ4v) is 1.91. The third-order valence-electron chi connectivity index (χ3n) is 1.83. The summed E-state index contributed by atoms with van der Waals surface area (Å²) in [6.07, 6.45) is 1.09. The van der Waals surface area contributed by atoms with E-state index in [1.54, 1.807) is 20.8 Å². The van der Waals surface area contributed by atoms with Crippen molar-refractivity contribution in [2.45, 2.75) is 25.5 Å². The van der Waals surface area contributed by atoms with Crippen LogP contribution in [-0.4, -0.2) is 15.5 Å².